The van der Waals surface area contributed by atoms with Gasteiger partial charge in [-0.15, -0.1) is 0 Å². The molecule has 1 aliphatic rings. The number of hydrogen-bond acceptors (Lipinski definition) is 8. The number of carbonyl (C=O) groups excluding carboxylic acids is 2. The maximum atomic E-state index is 15.6. The van der Waals surface area contributed by atoms with Crippen LogP contribution in [-0.2, 0) is 18.9 Å². The van der Waals surface area contributed by atoms with Crippen LogP contribution in [-0.4, -0.2) is 44.5 Å². The van der Waals surface area contributed by atoms with Crippen LogP contribution < -0.4 is 32.3 Å². The summed E-state index contributed by atoms with van der Waals surface area (Å²) in [5.41, 5.74) is 12.7. The predicted octanol–water partition coefficient (Wildman–Crippen LogP) is 12.0. The fraction of sp³-hybridized carbons (Fsp3) is 0.214. The van der Waals surface area contributed by atoms with Crippen LogP contribution in [0.3, 0.4) is 0 Å². The van der Waals surface area contributed by atoms with Gasteiger partial charge in [-0.2, -0.15) is 36.5 Å². The molecule has 12 nitrogen and oxygen atoms in total. The molecule has 2 atom stereocenters. The highest BCUT2D eigenvalue weighted by atomic mass is 19.4. The molecule has 0 radical (unpaired) electrons. The molecule has 20 heteroatoms. The van der Waals surface area contributed by atoms with Crippen molar-refractivity contribution in [2.24, 2.45) is 17.4 Å². The Labute approximate surface area is 431 Å². The molecule has 2 unspecified atom stereocenters. The van der Waals surface area contributed by atoms with E-state index in [0.717, 1.165) is 40.4 Å². The maximum Gasteiger partial charge on any atom is 0.435 e. The number of amides is 2. The molecule has 8 aromatic rings. The number of aromatic nitrogens is 4. The van der Waals surface area contributed by atoms with Gasteiger partial charge in [0.2, 0.25) is 0 Å². The third-order valence-electron chi connectivity index (χ3n) is 12.9. The number of para-hydroxylation sites is 1. The summed E-state index contributed by atoms with van der Waals surface area (Å²) in [6.07, 6.45) is -7.11. The molecule has 6 aromatic carbocycles. The van der Waals surface area contributed by atoms with E-state index >= 15 is 8.78 Å². The number of nitrogens with two attached hydrogens (primary N) is 2. The summed E-state index contributed by atoms with van der Waals surface area (Å²) in [7, 11) is 0. The lowest BCUT2D eigenvalue weighted by Gasteiger charge is -2.25. The van der Waals surface area contributed by atoms with Gasteiger partial charge in [0.25, 0.3) is 11.8 Å². The first-order valence-corrected chi connectivity index (χ1v) is 24.3. The topological polar surface area (TPSA) is 161 Å². The van der Waals surface area contributed by atoms with Crippen molar-refractivity contribution in [1.29, 1.82) is 0 Å². The van der Waals surface area contributed by atoms with Crippen LogP contribution in [0.25, 0.3) is 11.4 Å². The number of hydrogen-bond donors (Lipinski definition) is 5. The SMILES string of the molecule is CCCN(c1ccccc1)c1ccc(F)c(NC(=O)c2cc(C(F)(F)F)nn2-c2cccc(C(N)c3ccc(C(NCC4CC4)c4ccc(F)c(NC(=O)c5cc(C(F)(F)F)nn5-c5cccc(CN)c5)c4)cc3)c2)c1. The lowest BCUT2D eigenvalue weighted by molar-refractivity contribution is -0.142. The summed E-state index contributed by atoms with van der Waals surface area (Å²) in [5, 5.41) is 15.9. The molecule has 392 valence electrons. The number of carbonyl (C=O) groups is 2. The summed E-state index contributed by atoms with van der Waals surface area (Å²) in [4.78, 5) is 29.6. The molecule has 1 saturated carbocycles. The summed E-state index contributed by atoms with van der Waals surface area (Å²) >= 11 is 0. The molecule has 0 spiro atoms. The highest BCUT2D eigenvalue weighted by molar-refractivity contribution is 6.04. The third-order valence-corrected chi connectivity index (χ3v) is 12.9. The minimum absolute atomic E-state index is 0.0623. The molecule has 7 N–H and O–H groups in total. The minimum Gasteiger partial charge on any atom is -0.341 e. The Balaban J connectivity index is 0.968. The van der Waals surface area contributed by atoms with Gasteiger partial charge in [0.05, 0.1) is 34.8 Å². The van der Waals surface area contributed by atoms with Gasteiger partial charge in [0.15, 0.2) is 11.4 Å². The number of nitrogens with one attached hydrogen (secondary N) is 3. The molecule has 1 aliphatic carbocycles. The van der Waals surface area contributed by atoms with E-state index in [1.54, 1.807) is 54.6 Å². The van der Waals surface area contributed by atoms with Gasteiger partial charge in [-0.1, -0.05) is 79.7 Å². The molecule has 0 aliphatic heterocycles. The quantitative estimate of drug-likeness (QED) is 0.0531. The van der Waals surface area contributed by atoms with E-state index in [9.17, 15) is 35.9 Å². The van der Waals surface area contributed by atoms with Crippen LogP contribution in [0.4, 0.5) is 57.9 Å². The number of nitrogens with zero attached hydrogens (tertiary/aromatic N) is 5. The van der Waals surface area contributed by atoms with E-state index < -0.39 is 70.7 Å². The van der Waals surface area contributed by atoms with E-state index in [-0.39, 0.29) is 29.3 Å². The van der Waals surface area contributed by atoms with Gasteiger partial charge in [-0.05, 0) is 126 Å². The molecule has 76 heavy (non-hydrogen) atoms. The van der Waals surface area contributed by atoms with Crippen molar-refractivity contribution in [2.75, 3.05) is 28.6 Å². The monoisotopic (exact) mass is 1050 g/mol. The van der Waals surface area contributed by atoms with Crippen molar-refractivity contribution in [2.45, 2.75) is 57.2 Å². The van der Waals surface area contributed by atoms with Gasteiger partial charge < -0.3 is 32.3 Å². The van der Waals surface area contributed by atoms with E-state index in [2.05, 4.69) is 26.1 Å². The standard InChI is InChI=1S/C56H50F8N10O2/c1-2-24-72(39-10-4-3-5-11-39)40-21-23-44(58)46(28-40)69-54(76)48-30-50(56(62,63)64)71-74(48)42-13-7-9-37(26-42)51(66)35-16-18-36(19-17-35)52(67-32-33-14-15-33)38-20-22-43(57)45(27-38)68-53(75)47-29-49(55(59,60)61)70-73(47)41-12-6-8-34(25-41)31-65/h3-13,16-23,25-30,33,51-52,67H,2,14-15,24,31-32,65-66H2,1H3,(H,68,75)(H,69,76). The minimum atomic E-state index is -4.94. The first-order valence-electron chi connectivity index (χ1n) is 24.3. The molecule has 2 heterocycles. The molecule has 2 aromatic heterocycles. The second-order valence-electron chi connectivity index (χ2n) is 18.3. The number of rotatable bonds is 18. The zero-order chi connectivity index (χ0) is 53.9. The highest BCUT2D eigenvalue weighted by Crippen LogP contribution is 2.36. The van der Waals surface area contributed by atoms with Crippen molar-refractivity contribution in [1.82, 2.24) is 24.9 Å². The molecule has 1 fully saturated rings. The van der Waals surface area contributed by atoms with Crippen molar-refractivity contribution in [3.63, 3.8) is 0 Å². The van der Waals surface area contributed by atoms with Gasteiger partial charge in [0.1, 0.15) is 23.0 Å². The maximum absolute atomic E-state index is 15.6. The van der Waals surface area contributed by atoms with Crippen molar-refractivity contribution in [3.05, 3.63) is 214 Å². The smallest absolute Gasteiger partial charge is 0.341 e. The first kappa shape index (κ1) is 52.7. The second-order valence-corrected chi connectivity index (χ2v) is 18.3. The average Bonchev–Trinajstić information content (AvgIpc) is 3.93. The van der Waals surface area contributed by atoms with Crippen molar-refractivity contribution in [3.8, 4) is 11.4 Å². The largest absolute Gasteiger partial charge is 0.435 e. The molecule has 9 rings (SSSR count). The van der Waals surface area contributed by atoms with Gasteiger partial charge in [-0.25, -0.2) is 18.1 Å². The van der Waals surface area contributed by atoms with E-state index in [4.69, 9.17) is 11.5 Å². The van der Waals surface area contributed by atoms with Crippen LogP contribution >= 0.6 is 0 Å². The Morgan fingerprint density at radius 1 is 0.632 bits per heavy atom. The Hall–Kier alpha value is -8.20. The Morgan fingerprint density at radius 3 is 1.76 bits per heavy atom. The van der Waals surface area contributed by atoms with Gasteiger partial charge in [0, 0.05) is 36.6 Å². The van der Waals surface area contributed by atoms with E-state index in [0.29, 0.717) is 64.6 Å². The average molecular weight is 1050 g/mol. The third kappa shape index (κ3) is 11.8. The van der Waals surface area contributed by atoms with E-state index in [1.807, 2.05) is 42.2 Å². The molecule has 0 saturated heterocycles. The Morgan fingerprint density at radius 2 is 1.18 bits per heavy atom. The van der Waals surface area contributed by atoms with Crippen LogP contribution in [0.5, 0.6) is 0 Å². The zero-order valence-electron chi connectivity index (χ0n) is 40.6. The van der Waals surface area contributed by atoms with Gasteiger partial charge in [-0.3, -0.25) is 9.59 Å². The molecular formula is C56H50F8N10O2. The van der Waals surface area contributed by atoms with Crippen LogP contribution in [0.2, 0.25) is 0 Å². The zero-order valence-corrected chi connectivity index (χ0v) is 40.6. The Kier molecular flexibility index (Phi) is 15.2. The summed E-state index contributed by atoms with van der Waals surface area (Å²) < 4.78 is 117. The fourth-order valence-electron chi connectivity index (χ4n) is 8.75. The van der Waals surface area contributed by atoms with Crippen molar-refractivity contribution < 1.29 is 44.7 Å². The molecule has 2 amide bonds. The van der Waals surface area contributed by atoms with Gasteiger partial charge >= 0.3 is 12.4 Å². The Bertz CT molecular complexity index is 3370. The number of halogens is 8. The first-order chi connectivity index (χ1) is 36.4. The van der Waals surface area contributed by atoms with Crippen molar-refractivity contribution >= 4 is 34.6 Å². The lowest BCUT2D eigenvalue weighted by Crippen LogP contribution is -2.25. The van der Waals surface area contributed by atoms with Crippen LogP contribution in [0, 0.1) is 17.6 Å². The fourth-order valence-corrected chi connectivity index (χ4v) is 8.75. The molecular weight excluding hydrogens is 997 g/mol. The van der Waals surface area contributed by atoms with Crippen LogP contribution in [0.15, 0.2) is 152 Å². The highest BCUT2D eigenvalue weighted by Gasteiger charge is 2.38. The number of alkyl halides is 6. The lowest BCUT2D eigenvalue weighted by atomic mass is 9.93. The normalized spacial score (nSPS) is 13.6. The summed E-state index contributed by atoms with van der Waals surface area (Å²) in [6, 6.07) is 36.7. The summed E-state index contributed by atoms with van der Waals surface area (Å²) in [5.74, 6) is -3.36. The summed E-state index contributed by atoms with van der Waals surface area (Å²) in [6.45, 7) is 3.19. The number of anilines is 4. The molecule has 0 bridgehead atoms. The number of benzene rings is 6. The predicted molar refractivity (Wildman–Crippen MR) is 273 cm³/mol. The second kappa shape index (κ2) is 21.9. The van der Waals surface area contributed by atoms with Crippen LogP contribution in [0.1, 0.15) is 98.5 Å². The van der Waals surface area contributed by atoms with E-state index in [1.165, 1.54) is 48.5 Å².